The van der Waals surface area contributed by atoms with Gasteiger partial charge < -0.3 is 15.0 Å². The first kappa shape index (κ1) is 23.5. The SMILES string of the molecule is CCNC(=NCc1cccc2cccnc12)N1CCC(COCc2ccccc2)C1.I. The molecule has 1 unspecified atom stereocenters. The summed E-state index contributed by atoms with van der Waals surface area (Å²) in [4.78, 5) is 11.8. The Balaban J connectivity index is 0.00000272. The number of guanidine groups is 1. The van der Waals surface area contributed by atoms with Crippen LogP contribution in [0, 0.1) is 5.92 Å². The number of hydrogen-bond donors (Lipinski definition) is 1. The van der Waals surface area contributed by atoms with E-state index in [1.807, 2.05) is 18.3 Å². The Kier molecular flexibility index (Phi) is 9.09. The summed E-state index contributed by atoms with van der Waals surface area (Å²) < 4.78 is 5.97. The van der Waals surface area contributed by atoms with Crippen LogP contribution in [-0.4, -0.2) is 42.1 Å². The first-order valence-electron chi connectivity index (χ1n) is 10.8. The predicted molar refractivity (Wildman–Crippen MR) is 138 cm³/mol. The Morgan fingerprint density at radius 1 is 1.13 bits per heavy atom. The zero-order valence-electron chi connectivity index (χ0n) is 18.0. The van der Waals surface area contributed by atoms with E-state index in [1.54, 1.807) is 0 Å². The van der Waals surface area contributed by atoms with E-state index in [0.717, 1.165) is 55.1 Å². The lowest BCUT2D eigenvalue weighted by molar-refractivity contribution is 0.0906. The standard InChI is InChI=1S/C25H30N4O.HI/c1-2-26-25(28-16-23-11-6-10-22-12-7-14-27-24(22)23)29-15-13-21(17-29)19-30-18-20-8-4-3-5-9-20;/h3-12,14,21H,2,13,15-19H2,1H3,(H,26,28);1H. The molecule has 31 heavy (non-hydrogen) atoms. The lowest BCUT2D eigenvalue weighted by Crippen LogP contribution is -2.40. The molecule has 2 aromatic carbocycles. The summed E-state index contributed by atoms with van der Waals surface area (Å²) in [6, 6.07) is 20.7. The highest BCUT2D eigenvalue weighted by Crippen LogP contribution is 2.19. The van der Waals surface area contributed by atoms with Crippen molar-refractivity contribution in [2.75, 3.05) is 26.2 Å². The Bertz CT molecular complexity index is 974. The zero-order chi connectivity index (χ0) is 20.6. The van der Waals surface area contributed by atoms with Gasteiger partial charge in [0, 0.05) is 37.1 Å². The summed E-state index contributed by atoms with van der Waals surface area (Å²) >= 11 is 0. The molecule has 3 aromatic rings. The fourth-order valence-corrected chi connectivity index (χ4v) is 3.96. The maximum Gasteiger partial charge on any atom is 0.194 e. The molecule has 1 atom stereocenters. The van der Waals surface area contributed by atoms with Gasteiger partial charge in [0.25, 0.3) is 0 Å². The highest BCUT2D eigenvalue weighted by Gasteiger charge is 2.25. The third-order valence-corrected chi connectivity index (χ3v) is 5.50. The Morgan fingerprint density at radius 3 is 2.81 bits per heavy atom. The van der Waals surface area contributed by atoms with Gasteiger partial charge in [-0.05, 0) is 30.5 Å². The van der Waals surface area contributed by atoms with E-state index in [4.69, 9.17) is 9.73 Å². The molecule has 6 heteroatoms. The largest absolute Gasteiger partial charge is 0.376 e. The molecule has 0 radical (unpaired) electrons. The fraction of sp³-hybridized carbons (Fsp3) is 0.360. The number of para-hydroxylation sites is 1. The van der Waals surface area contributed by atoms with Gasteiger partial charge in [0.15, 0.2) is 5.96 Å². The van der Waals surface area contributed by atoms with E-state index >= 15 is 0 Å². The minimum absolute atomic E-state index is 0. The van der Waals surface area contributed by atoms with Crippen LogP contribution in [0.25, 0.3) is 10.9 Å². The molecule has 1 saturated heterocycles. The second kappa shape index (κ2) is 12.0. The highest BCUT2D eigenvalue weighted by molar-refractivity contribution is 14.0. The third-order valence-electron chi connectivity index (χ3n) is 5.50. The van der Waals surface area contributed by atoms with Gasteiger partial charge in [0.2, 0.25) is 0 Å². The van der Waals surface area contributed by atoms with E-state index in [1.165, 1.54) is 5.56 Å². The van der Waals surface area contributed by atoms with Crippen molar-refractivity contribution in [2.45, 2.75) is 26.5 Å². The third kappa shape index (κ3) is 6.40. The van der Waals surface area contributed by atoms with Gasteiger partial charge in [0.1, 0.15) is 0 Å². The molecule has 0 aliphatic carbocycles. The van der Waals surface area contributed by atoms with Crippen molar-refractivity contribution in [1.29, 1.82) is 0 Å². The molecule has 5 nitrogen and oxygen atoms in total. The van der Waals surface area contributed by atoms with Crippen LogP contribution in [-0.2, 0) is 17.9 Å². The number of pyridine rings is 1. The van der Waals surface area contributed by atoms with Crippen LogP contribution < -0.4 is 5.32 Å². The molecule has 0 spiro atoms. The van der Waals surface area contributed by atoms with Crippen LogP contribution in [0.15, 0.2) is 71.9 Å². The average Bonchev–Trinajstić information content (AvgIpc) is 3.26. The Labute approximate surface area is 201 Å². The number of benzene rings is 2. The molecule has 164 valence electrons. The molecule has 0 amide bonds. The van der Waals surface area contributed by atoms with E-state index in [0.29, 0.717) is 19.1 Å². The summed E-state index contributed by atoms with van der Waals surface area (Å²) in [7, 11) is 0. The summed E-state index contributed by atoms with van der Waals surface area (Å²) in [6.07, 6.45) is 2.98. The van der Waals surface area contributed by atoms with E-state index in [9.17, 15) is 0 Å². The minimum Gasteiger partial charge on any atom is -0.376 e. The Morgan fingerprint density at radius 2 is 1.97 bits per heavy atom. The molecule has 0 saturated carbocycles. The van der Waals surface area contributed by atoms with Crippen LogP contribution >= 0.6 is 24.0 Å². The molecular weight excluding hydrogens is 499 g/mol. The number of likely N-dealkylation sites (tertiary alicyclic amines) is 1. The van der Waals surface area contributed by atoms with E-state index in [2.05, 4.69) is 70.7 Å². The lowest BCUT2D eigenvalue weighted by atomic mass is 10.1. The molecule has 2 heterocycles. The van der Waals surface area contributed by atoms with Gasteiger partial charge >= 0.3 is 0 Å². The monoisotopic (exact) mass is 530 g/mol. The van der Waals surface area contributed by atoms with Crippen molar-refractivity contribution in [3.05, 3.63) is 78.0 Å². The van der Waals surface area contributed by atoms with Crippen LogP contribution in [0.4, 0.5) is 0 Å². The van der Waals surface area contributed by atoms with Crippen LogP contribution in [0.1, 0.15) is 24.5 Å². The van der Waals surface area contributed by atoms with Gasteiger partial charge in [-0.25, -0.2) is 4.99 Å². The first-order valence-corrected chi connectivity index (χ1v) is 10.8. The van der Waals surface area contributed by atoms with Gasteiger partial charge in [-0.2, -0.15) is 0 Å². The van der Waals surface area contributed by atoms with Gasteiger partial charge in [0.05, 0.1) is 25.3 Å². The van der Waals surface area contributed by atoms with Crippen molar-refractivity contribution in [3.8, 4) is 0 Å². The average molecular weight is 530 g/mol. The number of hydrogen-bond acceptors (Lipinski definition) is 3. The lowest BCUT2D eigenvalue weighted by Gasteiger charge is -2.22. The smallest absolute Gasteiger partial charge is 0.194 e. The number of nitrogens with one attached hydrogen (secondary N) is 1. The molecule has 0 bridgehead atoms. The normalized spacial score (nSPS) is 16.4. The minimum atomic E-state index is 0. The fourth-order valence-electron chi connectivity index (χ4n) is 3.96. The quantitative estimate of drug-likeness (QED) is 0.270. The molecule has 4 rings (SSSR count). The van der Waals surface area contributed by atoms with Crippen molar-refractivity contribution in [2.24, 2.45) is 10.9 Å². The van der Waals surface area contributed by atoms with E-state index < -0.39 is 0 Å². The van der Waals surface area contributed by atoms with Gasteiger partial charge in [-0.3, -0.25) is 4.98 Å². The second-order valence-electron chi connectivity index (χ2n) is 7.76. The maximum absolute atomic E-state index is 5.97. The number of ether oxygens (including phenoxy) is 1. The van der Waals surface area contributed by atoms with Crippen molar-refractivity contribution in [1.82, 2.24) is 15.2 Å². The number of halogens is 1. The first-order chi connectivity index (χ1) is 14.8. The van der Waals surface area contributed by atoms with Crippen LogP contribution in [0.3, 0.4) is 0 Å². The second-order valence-corrected chi connectivity index (χ2v) is 7.76. The maximum atomic E-state index is 5.97. The number of fused-ring (bicyclic) bond motifs is 1. The topological polar surface area (TPSA) is 49.8 Å². The van der Waals surface area contributed by atoms with E-state index in [-0.39, 0.29) is 24.0 Å². The summed E-state index contributed by atoms with van der Waals surface area (Å²) in [5.41, 5.74) is 3.42. The molecule has 1 N–H and O–H groups in total. The number of aliphatic imine (C=N–C) groups is 1. The molecule has 1 aliphatic rings. The molecule has 1 aliphatic heterocycles. The van der Waals surface area contributed by atoms with Crippen LogP contribution in [0.2, 0.25) is 0 Å². The number of rotatable bonds is 7. The van der Waals surface area contributed by atoms with Crippen molar-refractivity contribution < 1.29 is 4.74 Å². The summed E-state index contributed by atoms with van der Waals surface area (Å²) in [6.45, 7) is 7.07. The van der Waals surface area contributed by atoms with Crippen molar-refractivity contribution >= 4 is 40.8 Å². The summed E-state index contributed by atoms with van der Waals surface area (Å²) in [5.74, 6) is 1.52. The predicted octanol–water partition coefficient (Wildman–Crippen LogP) is 4.86. The Hall–Kier alpha value is -2.19. The molecule has 1 fully saturated rings. The molecular formula is C25H31IN4O. The highest BCUT2D eigenvalue weighted by atomic mass is 127. The van der Waals surface area contributed by atoms with Crippen LogP contribution in [0.5, 0.6) is 0 Å². The molecule has 1 aromatic heterocycles. The zero-order valence-corrected chi connectivity index (χ0v) is 20.4. The number of nitrogens with zero attached hydrogens (tertiary/aromatic N) is 3. The van der Waals surface area contributed by atoms with Gasteiger partial charge in [-0.15, -0.1) is 24.0 Å². The van der Waals surface area contributed by atoms with Crippen molar-refractivity contribution in [3.63, 3.8) is 0 Å². The van der Waals surface area contributed by atoms with Gasteiger partial charge in [-0.1, -0.05) is 54.6 Å². The number of aromatic nitrogens is 1. The summed E-state index contributed by atoms with van der Waals surface area (Å²) in [5, 5.41) is 4.62.